The summed E-state index contributed by atoms with van der Waals surface area (Å²) in [7, 11) is 3.09. The Labute approximate surface area is 212 Å². The van der Waals surface area contributed by atoms with Crippen molar-refractivity contribution in [3.63, 3.8) is 0 Å². The van der Waals surface area contributed by atoms with E-state index >= 15 is 0 Å². The second-order valence-corrected chi connectivity index (χ2v) is 9.43. The van der Waals surface area contributed by atoms with Crippen LogP contribution in [0.4, 0.5) is 5.69 Å². The number of nitro groups is 1. The first-order chi connectivity index (χ1) is 17.5. The molecule has 2 aliphatic rings. The molecule has 0 atom stereocenters. The van der Waals surface area contributed by atoms with Crippen molar-refractivity contribution in [2.75, 3.05) is 46.9 Å². The Hall–Kier alpha value is -3.33. The molecule has 0 bridgehead atoms. The summed E-state index contributed by atoms with van der Waals surface area (Å²) < 4.78 is 16.4. The topological polar surface area (TPSA) is 94.4 Å². The summed E-state index contributed by atoms with van der Waals surface area (Å²) in [6.07, 6.45) is 4.19. The van der Waals surface area contributed by atoms with Crippen molar-refractivity contribution in [1.29, 1.82) is 0 Å². The van der Waals surface area contributed by atoms with Crippen LogP contribution in [0.15, 0.2) is 42.5 Å². The quantitative estimate of drug-likeness (QED) is 0.378. The fourth-order valence-corrected chi connectivity index (χ4v) is 5.08. The molecule has 0 radical (unpaired) electrons. The summed E-state index contributed by atoms with van der Waals surface area (Å²) in [5.41, 5.74) is 1.28. The Bertz CT molecular complexity index is 1030. The number of rotatable bonds is 9. The molecule has 0 spiro atoms. The number of carbonyl (C=O) groups excluding carboxylic acids is 1. The number of hydrogen-bond donors (Lipinski definition) is 0. The van der Waals surface area contributed by atoms with E-state index in [0.717, 1.165) is 51.1 Å². The molecule has 9 heteroatoms. The molecule has 2 aromatic rings. The largest absolute Gasteiger partial charge is 0.497 e. The second kappa shape index (κ2) is 12.1. The third kappa shape index (κ3) is 6.46. The van der Waals surface area contributed by atoms with E-state index in [1.54, 1.807) is 19.2 Å². The van der Waals surface area contributed by atoms with Gasteiger partial charge in [-0.1, -0.05) is 12.1 Å². The van der Waals surface area contributed by atoms with E-state index in [9.17, 15) is 14.9 Å². The highest BCUT2D eigenvalue weighted by Gasteiger charge is 2.26. The number of benzene rings is 2. The third-order valence-electron chi connectivity index (χ3n) is 7.26. The molecule has 2 aromatic carbocycles. The van der Waals surface area contributed by atoms with Crippen molar-refractivity contribution in [3.05, 3.63) is 58.1 Å². The van der Waals surface area contributed by atoms with Crippen LogP contribution in [0.3, 0.4) is 0 Å². The van der Waals surface area contributed by atoms with Gasteiger partial charge in [-0.05, 0) is 55.6 Å². The number of carbonyl (C=O) groups is 1. The Kier molecular flexibility index (Phi) is 8.64. The number of hydrogen-bond acceptors (Lipinski definition) is 7. The lowest BCUT2D eigenvalue weighted by atomic mass is 9.89. The summed E-state index contributed by atoms with van der Waals surface area (Å²) in [6, 6.07) is 12.9. The van der Waals surface area contributed by atoms with Crippen LogP contribution in [-0.2, 0) is 4.79 Å². The van der Waals surface area contributed by atoms with Gasteiger partial charge in [0, 0.05) is 51.0 Å². The lowest BCUT2D eigenvalue weighted by Gasteiger charge is -2.34. The molecule has 0 unspecified atom stereocenters. The Balaban J connectivity index is 1.17. The second-order valence-electron chi connectivity index (χ2n) is 9.43. The maximum atomic E-state index is 12.8. The van der Waals surface area contributed by atoms with Gasteiger partial charge in [0.2, 0.25) is 11.7 Å². The van der Waals surface area contributed by atoms with Crippen molar-refractivity contribution in [1.82, 2.24) is 9.80 Å². The van der Waals surface area contributed by atoms with Gasteiger partial charge >= 0.3 is 5.69 Å². The van der Waals surface area contributed by atoms with E-state index in [1.165, 1.54) is 18.7 Å². The first-order valence-electron chi connectivity index (χ1n) is 12.6. The lowest BCUT2D eigenvalue weighted by Crippen LogP contribution is -2.43. The lowest BCUT2D eigenvalue weighted by molar-refractivity contribution is -0.385. The van der Waals surface area contributed by atoms with Gasteiger partial charge in [0.15, 0.2) is 0 Å². The number of likely N-dealkylation sites (tertiary alicyclic amines) is 2. The minimum Gasteiger partial charge on any atom is -0.497 e. The van der Waals surface area contributed by atoms with Crippen molar-refractivity contribution in [3.8, 4) is 17.2 Å². The molecule has 2 aliphatic heterocycles. The van der Waals surface area contributed by atoms with Crippen LogP contribution in [0.1, 0.15) is 43.6 Å². The molecule has 4 rings (SSSR count). The van der Waals surface area contributed by atoms with Gasteiger partial charge in [-0.15, -0.1) is 0 Å². The van der Waals surface area contributed by atoms with E-state index in [2.05, 4.69) is 17.0 Å². The minimum atomic E-state index is -0.476. The average molecular weight is 498 g/mol. The van der Waals surface area contributed by atoms with Gasteiger partial charge in [0.05, 0.1) is 19.1 Å². The highest BCUT2D eigenvalue weighted by Crippen LogP contribution is 2.32. The van der Waals surface area contributed by atoms with Crippen molar-refractivity contribution in [2.24, 2.45) is 0 Å². The maximum absolute atomic E-state index is 12.8. The van der Waals surface area contributed by atoms with Crippen LogP contribution in [0, 0.1) is 10.1 Å². The van der Waals surface area contributed by atoms with E-state index in [1.807, 2.05) is 17.0 Å². The van der Waals surface area contributed by atoms with Gasteiger partial charge < -0.3 is 24.0 Å². The summed E-state index contributed by atoms with van der Waals surface area (Å²) in [5, 5.41) is 11.1. The van der Waals surface area contributed by atoms with Crippen LogP contribution in [0.2, 0.25) is 0 Å². The van der Waals surface area contributed by atoms with Crippen LogP contribution >= 0.6 is 0 Å². The monoisotopic (exact) mass is 497 g/mol. The summed E-state index contributed by atoms with van der Waals surface area (Å²) in [6.45, 7) is 4.14. The Morgan fingerprint density at radius 3 is 2.22 bits per heavy atom. The predicted octanol–water partition coefficient (Wildman–Crippen LogP) is 4.25. The number of methoxy groups -OCH3 is 2. The summed E-state index contributed by atoms with van der Waals surface area (Å²) in [5.74, 6) is 2.37. The number of piperidine rings is 2. The van der Waals surface area contributed by atoms with E-state index in [-0.39, 0.29) is 23.4 Å². The average Bonchev–Trinajstić information content (AvgIpc) is 2.92. The normalized spacial score (nSPS) is 17.6. The molecule has 2 saturated heterocycles. The van der Waals surface area contributed by atoms with Gasteiger partial charge in [0.1, 0.15) is 17.6 Å². The van der Waals surface area contributed by atoms with Crippen molar-refractivity contribution in [2.45, 2.75) is 44.1 Å². The van der Waals surface area contributed by atoms with Crippen LogP contribution in [-0.4, -0.2) is 73.7 Å². The standard InChI is InChI=1S/C27H35N3O6/c1-34-22-5-3-20(4-6-22)21-9-14-28(15-10-21)16-13-27(31)29-17-11-23(12-18-29)36-24-7-8-25(30(32)33)26(19-24)35-2/h3-8,19,21,23H,9-18H2,1-2H3. The first-order valence-corrected chi connectivity index (χ1v) is 12.6. The number of nitro benzene ring substituents is 1. The first kappa shape index (κ1) is 25.8. The van der Waals surface area contributed by atoms with Gasteiger partial charge in [-0.3, -0.25) is 14.9 Å². The van der Waals surface area contributed by atoms with Gasteiger partial charge in [-0.2, -0.15) is 0 Å². The molecule has 0 aromatic heterocycles. The van der Waals surface area contributed by atoms with Crippen molar-refractivity contribution >= 4 is 11.6 Å². The predicted molar refractivity (Wildman–Crippen MR) is 136 cm³/mol. The summed E-state index contributed by atoms with van der Waals surface area (Å²) >= 11 is 0. The van der Waals surface area contributed by atoms with Crippen molar-refractivity contribution < 1.29 is 23.9 Å². The molecular formula is C27H35N3O6. The zero-order valence-corrected chi connectivity index (χ0v) is 21.1. The molecule has 36 heavy (non-hydrogen) atoms. The van der Waals surface area contributed by atoms with E-state index in [4.69, 9.17) is 14.2 Å². The fourth-order valence-electron chi connectivity index (χ4n) is 5.08. The number of nitrogens with zero attached hydrogens (tertiary/aromatic N) is 3. The van der Waals surface area contributed by atoms with Crippen LogP contribution in [0.5, 0.6) is 17.2 Å². The van der Waals surface area contributed by atoms with Gasteiger partial charge in [-0.25, -0.2) is 0 Å². The van der Waals surface area contributed by atoms with Crippen LogP contribution < -0.4 is 14.2 Å². The molecule has 9 nitrogen and oxygen atoms in total. The Morgan fingerprint density at radius 2 is 1.61 bits per heavy atom. The summed E-state index contributed by atoms with van der Waals surface area (Å²) in [4.78, 5) is 27.7. The smallest absolute Gasteiger partial charge is 0.311 e. The zero-order valence-electron chi connectivity index (χ0n) is 21.1. The highest BCUT2D eigenvalue weighted by molar-refractivity contribution is 5.76. The number of amides is 1. The molecular weight excluding hydrogens is 462 g/mol. The molecule has 0 saturated carbocycles. The van der Waals surface area contributed by atoms with E-state index in [0.29, 0.717) is 31.2 Å². The molecule has 194 valence electrons. The zero-order chi connectivity index (χ0) is 25.5. The molecule has 0 aliphatic carbocycles. The van der Waals surface area contributed by atoms with E-state index < -0.39 is 4.92 Å². The molecule has 1 amide bonds. The van der Waals surface area contributed by atoms with Gasteiger partial charge in [0.25, 0.3) is 0 Å². The molecule has 2 fully saturated rings. The Morgan fingerprint density at radius 1 is 0.944 bits per heavy atom. The van der Waals surface area contributed by atoms with Crippen LogP contribution in [0.25, 0.3) is 0 Å². The fraction of sp³-hybridized carbons (Fsp3) is 0.519. The number of ether oxygens (including phenoxy) is 3. The third-order valence-corrected chi connectivity index (χ3v) is 7.26. The molecule has 0 N–H and O–H groups in total. The SMILES string of the molecule is COc1ccc(C2CCN(CCC(=O)N3CCC(Oc4ccc([N+](=O)[O-])c(OC)c4)CC3)CC2)cc1. The minimum absolute atomic E-state index is 0.0304. The highest BCUT2D eigenvalue weighted by atomic mass is 16.6. The maximum Gasteiger partial charge on any atom is 0.311 e. The molecule has 2 heterocycles.